The molecule has 0 aliphatic rings. The molecule has 1 heterocycles. The van der Waals surface area contributed by atoms with Crippen LogP contribution in [0.25, 0.3) is 10.8 Å². The van der Waals surface area contributed by atoms with Crippen molar-refractivity contribution in [2.75, 3.05) is 0 Å². The van der Waals surface area contributed by atoms with Crippen molar-refractivity contribution >= 4 is 16.7 Å². The van der Waals surface area contributed by atoms with Crippen LogP contribution in [0.4, 0.5) is 0 Å². The number of ether oxygens (including phenoxy) is 1. The number of carbonyl (C=O) groups excluding carboxylic acids is 1. The fraction of sp³-hybridized carbons (Fsp3) is 0.375. The van der Waals surface area contributed by atoms with E-state index in [1.807, 2.05) is 51.1 Å². The third-order valence-corrected chi connectivity index (χ3v) is 2.83. The predicted molar refractivity (Wildman–Crippen MR) is 79.3 cm³/mol. The van der Waals surface area contributed by atoms with Gasteiger partial charge in [0.15, 0.2) is 0 Å². The van der Waals surface area contributed by atoms with Gasteiger partial charge in [0.1, 0.15) is 11.6 Å². The lowest BCUT2D eigenvalue weighted by molar-refractivity contribution is -0.156. The first-order chi connectivity index (χ1) is 9.35. The molecule has 20 heavy (non-hydrogen) atoms. The monoisotopic (exact) mass is 272 g/mol. The lowest BCUT2D eigenvalue weighted by atomic mass is 10.1. The average Bonchev–Trinajstić information content (AvgIpc) is 2.36. The van der Waals surface area contributed by atoms with Crippen molar-refractivity contribution in [1.82, 2.24) is 4.98 Å². The summed E-state index contributed by atoms with van der Waals surface area (Å²) in [5.41, 5.74) is 6.16. The van der Waals surface area contributed by atoms with Crippen molar-refractivity contribution in [3.05, 3.63) is 42.2 Å². The van der Waals surface area contributed by atoms with E-state index in [-0.39, 0.29) is 0 Å². The van der Waals surface area contributed by atoms with Gasteiger partial charge in [-0.1, -0.05) is 24.3 Å². The molecule has 4 heteroatoms. The van der Waals surface area contributed by atoms with Gasteiger partial charge in [-0.15, -0.1) is 0 Å². The summed E-state index contributed by atoms with van der Waals surface area (Å²) >= 11 is 0. The van der Waals surface area contributed by atoms with Crippen LogP contribution in [0.15, 0.2) is 36.5 Å². The fourth-order valence-electron chi connectivity index (χ4n) is 1.93. The molecule has 0 saturated carbocycles. The van der Waals surface area contributed by atoms with Crippen molar-refractivity contribution in [3.63, 3.8) is 0 Å². The van der Waals surface area contributed by atoms with Crippen LogP contribution in [0, 0.1) is 0 Å². The smallest absolute Gasteiger partial charge is 0.323 e. The molecular weight excluding hydrogens is 252 g/mol. The first kappa shape index (κ1) is 14.5. The second-order valence-electron chi connectivity index (χ2n) is 5.87. The second kappa shape index (κ2) is 5.59. The number of hydrogen-bond acceptors (Lipinski definition) is 4. The van der Waals surface area contributed by atoms with Gasteiger partial charge in [0.05, 0.1) is 0 Å². The molecule has 106 valence electrons. The molecule has 0 amide bonds. The van der Waals surface area contributed by atoms with Gasteiger partial charge in [0.25, 0.3) is 0 Å². The zero-order chi connectivity index (χ0) is 14.8. The summed E-state index contributed by atoms with van der Waals surface area (Å²) in [7, 11) is 0. The number of nitrogens with two attached hydrogens (primary N) is 1. The Morgan fingerprint density at radius 1 is 1.30 bits per heavy atom. The highest BCUT2D eigenvalue weighted by Gasteiger charge is 2.22. The Balaban J connectivity index is 2.09. The Morgan fingerprint density at radius 2 is 1.95 bits per heavy atom. The maximum atomic E-state index is 11.9. The van der Waals surface area contributed by atoms with Crippen LogP contribution in [0.5, 0.6) is 0 Å². The van der Waals surface area contributed by atoms with Crippen LogP contribution in [0.3, 0.4) is 0 Å². The Hall–Kier alpha value is -1.94. The van der Waals surface area contributed by atoms with Crippen LogP contribution >= 0.6 is 0 Å². The molecule has 0 unspecified atom stereocenters. The van der Waals surface area contributed by atoms with Crippen LogP contribution in [-0.4, -0.2) is 22.6 Å². The normalized spacial score (nSPS) is 13.2. The molecule has 0 aliphatic heterocycles. The standard InChI is InChI=1S/C16H20N2O2/c1-16(2,3)20-15(19)14(17)9-13-8-11-6-4-5-7-12(11)10-18-13/h4-8,10,14H,9,17H2,1-3H3/t14-/m1/s1. The molecule has 2 aromatic rings. The Morgan fingerprint density at radius 3 is 2.60 bits per heavy atom. The topological polar surface area (TPSA) is 65.2 Å². The number of carbonyl (C=O) groups is 1. The van der Waals surface area contributed by atoms with Crippen molar-refractivity contribution < 1.29 is 9.53 Å². The Labute approximate surface area is 119 Å². The highest BCUT2D eigenvalue weighted by Crippen LogP contribution is 2.15. The molecular formula is C16H20N2O2. The average molecular weight is 272 g/mol. The van der Waals surface area contributed by atoms with Gasteiger partial charge in [-0.3, -0.25) is 9.78 Å². The van der Waals surface area contributed by atoms with E-state index in [1.165, 1.54) is 0 Å². The summed E-state index contributed by atoms with van der Waals surface area (Å²) in [5.74, 6) is -0.396. The van der Waals surface area contributed by atoms with E-state index in [0.29, 0.717) is 6.42 Å². The zero-order valence-corrected chi connectivity index (χ0v) is 12.1. The van der Waals surface area contributed by atoms with Gasteiger partial charge in [0, 0.05) is 23.7 Å². The number of rotatable bonds is 3. The molecule has 0 bridgehead atoms. The quantitative estimate of drug-likeness (QED) is 0.872. The zero-order valence-electron chi connectivity index (χ0n) is 12.1. The first-order valence-corrected chi connectivity index (χ1v) is 6.67. The van der Waals surface area contributed by atoms with E-state index >= 15 is 0 Å². The summed E-state index contributed by atoms with van der Waals surface area (Å²) in [4.78, 5) is 16.2. The van der Waals surface area contributed by atoms with Gasteiger partial charge in [0.2, 0.25) is 0 Å². The van der Waals surface area contributed by atoms with E-state index in [4.69, 9.17) is 10.5 Å². The largest absolute Gasteiger partial charge is 0.459 e. The van der Waals surface area contributed by atoms with Crippen LogP contribution in [0.1, 0.15) is 26.5 Å². The van der Waals surface area contributed by atoms with Crippen molar-refractivity contribution in [3.8, 4) is 0 Å². The van der Waals surface area contributed by atoms with E-state index in [1.54, 1.807) is 6.20 Å². The van der Waals surface area contributed by atoms with Crippen LogP contribution < -0.4 is 5.73 Å². The fourth-order valence-corrected chi connectivity index (χ4v) is 1.93. The third-order valence-electron chi connectivity index (χ3n) is 2.83. The van der Waals surface area contributed by atoms with Crippen LogP contribution in [-0.2, 0) is 16.0 Å². The summed E-state index contributed by atoms with van der Waals surface area (Å²) in [6, 6.07) is 9.22. The van der Waals surface area contributed by atoms with Crippen molar-refractivity contribution in [2.24, 2.45) is 5.73 Å². The summed E-state index contributed by atoms with van der Waals surface area (Å²) < 4.78 is 5.27. The minimum absolute atomic E-state index is 0.375. The molecule has 0 aliphatic carbocycles. The number of aromatic nitrogens is 1. The van der Waals surface area contributed by atoms with E-state index in [9.17, 15) is 4.79 Å². The number of hydrogen-bond donors (Lipinski definition) is 1. The predicted octanol–water partition coefficient (Wildman–Crippen LogP) is 2.45. The summed E-state index contributed by atoms with van der Waals surface area (Å²) in [6.07, 6.45) is 2.17. The molecule has 1 aromatic heterocycles. The summed E-state index contributed by atoms with van der Waals surface area (Å²) in [6.45, 7) is 5.48. The maximum absolute atomic E-state index is 11.9. The molecule has 0 spiro atoms. The van der Waals surface area contributed by atoms with E-state index < -0.39 is 17.6 Å². The molecule has 4 nitrogen and oxygen atoms in total. The SMILES string of the molecule is CC(C)(C)OC(=O)[C@H](N)Cc1cc2ccccc2cn1. The van der Waals surface area contributed by atoms with Gasteiger partial charge in [-0.25, -0.2) is 0 Å². The first-order valence-electron chi connectivity index (χ1n) is 6.67. The van der Waals surface area contributed by atoms with Crippen molar-refractivity contribution in [2.45, 2.75) is 38.8 Å². The van der Waals surface area contributed by atoms with Gasteiger partial charge >= 0.3 is 5.97 Å². The Bertz CT molecular complexity index is 617. The minimum atomic E-state index is -0.692. The minimum Gasteiger partial charge on any atom is -0.459 e. The molecule has 1 atom stereocenters. The Kier molecular flexibility index (Phi) is 4.04. The lowest BCUT2D eigenvalue weighted by Crippen LogP contribution is -2.39. The third kappa shape index (κ3) is 3.78. The highest BCUT2D eigenvalue weighted by atomic mass is 16.6. The number of benzene rings is 1. The lowest BCUT2D eigenvalue weighted by Gasteiger charge is -2.22. The van der Waals surface area contributed by atoms with Crippen LogP contribution in [0.2, 0.25) is 0 Å². The van der Waals surface area contributed by atoms with E-state index in [0.717, 1.165) is 16.5 Å². The number of esters is 1. The maximum Gasteiger partial charge on any atom is 0.323 e. The molecule has 0 radical (unpaired) electrons. The summed E-state index contributed by atoms with van der Waals surface area (Å²) in [5, 5.41) is 2.16. The van der Waals surface area contributed by atoms with Crippen molar-refractivity contribution in [1.29, 1.82) is 0 Å². The molecule has 0 fully saturated rings. The van der Waals surface area contributed by atoms with Gasteiger partial charge in [-0.2, -0.15) is 0 Å². The molecule has 0 saturated heterocycles. The number of pyridine rings is 1. The van der Waals surface area contributed by atoms with Gasteiger partial charge < -0.3 is 10.5 Å². The molecule has 2 N–H and O–H groups in total. The number of fused-ring (bicyclic) bond motifs is 1. The molecule has 1 aromatic carbocycles. The highest BCUT2D eigenvalue weighted by molar-refractivity contribution is 5.82. The number of nitrogens with zero attached hydrogens (tertiary/aromatic N) is 1. The second-order valence-corrected chi connectivity index (χ2v) is 5.87. The van der Waals surface area contributed by atoms with E-state index in [2.05, 4.69) is 4.98 Å². The molecule has 2 rings (SSSR count). The van der Waals surface area contributed by atoms with Gasteiger partial charge in [-0.05, 0) is 32.2 Å².